The van der Waals surface area contributed by atoms with Gasteiger partial charge in [0.05, 0.1) is 6.21 Å². The maximum Gasteiger partial charge on any atom is 0.173 e. The number of aryl methyl sites for hydroxylation is 1. The summed E-state index contributed by atoms with van der Waals surface area (Å²) in [6.07, 6.45) is 1.91. The van der Waals surface area contributed by atoms with Crippen molar-refractivity contribution < 1.29 is 9.53 Å². The first-order chi connectivity index (χ1) is 9.78. The molecule has 0 atom stereocenters. The van der Waals surface area contributed by atoms with Crippen LogP contribution >= 0.6 is 0 Å². The molecular formula is C17H17NO2. The summed E-state index contributed by atoms with van der Waals surface area (Å²) in [7, 11) is 0. The zero-order chi connectivity index (χ0) is 14.2. The number of Topliss-reactive ketones (excluding diaryl/α,β-unsaturated/α-hetero) is 1. The third-order valence-electron chi connectivity index (χ3n) is 2.99. The van der Waals surface area contributed by atoms with Crippen molar-refractivity contribution in [2.45, 2.75) is 19.4 Å². The van der Waals surface area contributed by atoms with Crippen LogP contribution < -0.4 is 4.74 Å². The number of hydrogen-bond acceptors (Lipinski definition) is 3. The largest absolute Gasteiger partial charge is 0.489 e. The van der Waals surface area contributed by atoms with Gasteiger partial charge < -0.3 is 10.1 Å². The Kier molecular flexibility index (Phi) is 5.07. The minimum atomic E-state index is -0.144. The molecule has 102 valence electrons. The van der Waals surface area contributed by atoms with E-state index in [-0.39, 0.29) is 5.78 Å². The minimum absolute atomic E-state index is 0.144. The first-order valence-corrected chi connectivity index (χ1v) is 6.57. The lowest BCUT2D eigenvalue weighted by Crippen LogP contribution is -2.00. The molecule has 0 radical (unpaired) electrons. The van der Waals surface area contributed by atoms with Crippen LogP contribution in [0.2, 0.25) is 0 Å². The van der Waals surface area contributed by atoms with E-state index in [0.29, 0.717) is 19.4 Å². The van der Waals surface area contributed by atoms with Gasteiger partial charge in [-0.3, -0.25) is 4.79 Å². The van der Waals surface area contributed by atoms with Crippen molar-refractivity contribution >= 4 is 12.0 Å². The topological polar surface area (TPSA) is 50.2 Å². The first kappa shape index (κ1) is 14.0. The minimum Gasteiger partial charge on any atom is -0.489 e. The van der Waals surface area contributed by atoms with Crippen molar-refractivity contribution in [3.63, 3.8) is 0 Å². The fraction of sp³-hybridized carbons (Fsp3) is 0.176. The van der Waals surface area contributed by atoms with Crippen molar-refractivity contribution in [1.29, 1.82) is 5.41 Å². The number of hydrogen-bond donors (Lipinski definition) is 1. The van der Waals surface area contributed by atoms with Crippen LogP contribution in [0.4, 0.5) is 0 Å². The van der Waals surface area contributed by atoms with Gasteiger partial charge in [0.1, 0.15) is 12.4 Å². The van der Waals surface area contributed by atoms with Crippen LogP contribution in [-0.4, -0.2) is 12.0 Å². The van der Waals surface area contributed by atoms with Gasteiger partial charge in [-0.05, 0) is 29.7 Å². The van der Waals surface area contributed by atoms with Gasteiger partial charge in [-0.2, -0.15) is 0 Å². The van der Waals surface area contributed by atoms with Gasteiger partial charge in [0.2, 0.25) is 0 Å². The Balaban J connectivity index is 1.85. The van der Waals surface area contributed by atoms with Gasteiger partial charge >= 0.3 is 0 Å². The number of ether oxygens (including phenoxy) is 1. The van der Waals surface area contributed by atoms with Gasteiger partial charge in [0, 0.05) is 6.42 Å². The van der Waals surface area contributed by atoms with Crippen molar-refractivity contribution in [2.75, 3.05) is 0 Å². The van der Waals surface area contributed by atoms with Gasteiger partial charge in [-0.15, -0.1) is 0 Å². The highest BCUT2D eigenvalue weighted by molar-refractivity contribution is 6.26. The van der Waals surface area contributed by atoms with Crippen LogP contribution in [0.3, 0.4) is 0 Å². The third-order valence-corrected chi connectivity index (χ3v) is 2.99. The maximum absolute atomic E-state index is 11.0. The van der Waals surface area contributed by atoms with E-state index in [2.05, 4.69) is 0 Å². The molecule has 20 heavy (non-hydrogen) atoms. The Morgan fingerprint density at radius 1 is 1.00 bits per heavy atom. The molecule has 0 spiro atoms. The summed E-state index contributed by atoms with van der Waals surface area (Å²) >= 11 is 0. The molecule has 2 rings (SSSR count). The Hall–Kier alpha value is -2.42. The molecule has 0 heterocycles. The van der Waals surface area contributed by atoms with Gasteiger partial charge in [0.25, 0.3) is 0 Å². The van der Waals surface area contributed by atoms with E-state index in [9.17, 15) is 4.79 Å². The highest BCUT2D eigenvalue weighted by atomic mass is 16.5. The Morgan fingerprint density at radius 3 is 2.35 bits per heavy atom. The Morgan fingerprint density at radius 2 is 1.70 bits per heavy atom. The highest BCUT2D eigenvalue weighted by Crippen LogP contribution is 2.15. The lowest BCUT2D eigenvalue weighted by atomic mass is 10.1. The van der Waals surface area contributed by atoms with Crippen LogP contribution in [0.5, 0.6) is 5.75 Å². The summed E-state index contributed by atoms with van der Waals surface area (Å²) in [5.74, 6) is 0.672. The van der Waals surface area contributed by atoms with Gasteiger partial charge in [0.15, 0.2) is 5.78 Å². The molecule has 0 saturated carbocycles. The zero-order valence-corrected chi connectivity index (χ0v) is 11.2. The molecule has 2 aromatic carbocycles. The van der Waals surface area contributed by atoms with Crippen LogP contribution in [0, 0.1) is 5.41 Å². The SMILES string of the molecule is N=CC(=O)CCc1ccc(OCc2ccccc2)cc1. The summed E-state index contributed by atoms with van der Waals surface area (Å²) in [5, 5.41) is 6.85. The lowest BCUT2D eigenvalue weighted by molar-refractivity contribution is -0.112. The zero-order valence-electron chi connectivity index (χ0n) is 11.2. The standard InChI is InChI=1S/C17H17NO2/c18-12-16(19)9-6-14-7-10-17(11-8-14)20-13-15-4-2-1-3-5-15/h1-5,7-8,10-12,18H,6,9,13H2. The van der Waals surface area contributed by atoms with Crippen molar-refractivity contribution in [1.82, 2.24) is 0 Å². The Labute approximate surface area is 118 Å². The molecule has 2 aromatic rings. The number of benzene rings is 2. The van der Waals surface area contributed by atoms with E-state index < -0.39 is 0 Å². The third kappa shape index (κ3) is 4.35. The smallest absolute Gasteiger partial charge is 0.173 e. The fourth-order valence-electron chi connectivity index (χ4n) is 1.83. The molecule has 0 bridgehead atoms. The summed E-state index contributed by atoms with van der Waals surface area (Å²) in [5.41, 5.74) is 2.21. The highest BCUT2D eigenvalue weighted by Gasteiger charge is 2.00. The number of nitrogens with one attached hydrogen (secondary N) is 1. The van der Waals surface area contributed by atoms with E-state index in [1.165, 1.54) is 0 Å². The summed E-state index contributed by atoms with van der Waals surface area (Å²) < 4.78 is 5.69. The number of carbonyl (C=O) groups excluding carboxylic acids is 1. The molecule has 3 nitrogen and oxygen atoms in total. The summed E-state index contributed by atoms with van der Waals surface area (Å²) in [6, 6.07) is 17.7. The van der Waals surface area contributed by atoms with E-state index in [1.54, 1.807) is 0 Å². The molecule has 0 amide bonds. The molecule has 3 heteroatoms. The molecule has 0 aliphatic carbocycles. The molecular weight excluding hydrogens is 250 g/mol. The van der Waals surface area contributed by atoms with Crippen LogP contribution in [0.25, 0.3) is 0 Å². The molecule has 1 N–H and O–H groups in total. The molecule has 0 aromatic heterocycles. The second-order valence-corrected chi connectivity index (χ2v) is 4.53. The summed E-state index contributed by atoms with van der Waals surface area (Å²) in [4.78, 5) is 11.0. The average Bonchev–Trinajstić information content (AvgIpc) is 2.52. The Bertz CT molecular complexity index is 561. The van der Waals surface area contributed by atoms with Crippen molar-refractivity contribution in [3.05, 3.63) is 65.7 Å². The average molecular weight is 267 g/mol. The molecule has 0 unspecified atom stereocenters. The quantitative estimate of drug-likeness (QED) is 0.781. The summed E-state index contributed by atoms with van der Waals surface area (Å²) in [6.45, 7) is 0.548. The van der Waals surface area contributed by atoms with Gasteiger partial charge in [-0.25, -0.2) is 0 Å². The molecule has 0 aliphatic rings. The van der Waals surface area contributed by atoms with E-state index in [4.69, 9.17) is 10.1 Å². The fourth-order valence-corrected chi connectivity index (χ4v) is 1.83. The van der Waals surface area contributed by atoms with E-state index in [0.717, 1.165) is 23.1 Å². The molecule has 0 fully saturated rings. The van der Waals surface area contributed by atoms with Crippen LogP contribution in [0.15, 0.2) is 54.6 Å². The first-order valence-electron chi connectivity index (χ1n) is 6.57. The number of rotatable bonds is 7. The van der Waals surface area contributed by atoms with E-state index in [1.807, 2.05) is 54.6 Å². The lowest BCUT2D eigenvalue weighted by Gasteiger charge is -2.07. The monoisotopic (exact) mass is 267 g/mol. The van der Waals surface area contributed by atoms with Crippen LogP contribution in [0.1, 0.15) is 17.5 Å². The molecule has 0 saturated heterocycles. The predicted octanol–water partition coefficient (Wildman–Crippen LogP) is 3.42. The molecule has 0 aliphatic heterocycles. The maximum atomic E-state index is 11.0. The number of carbonyl (C=O) groups is 1. The van der Waals surface area contributed by atoms with Gasteiger partial charge in [-0.1, -0.05) is 42.5 Å². The second kappa shape index (κ2) is 7.24. The van der Waals surface area contributed by atoms with Crippen LogP contribution in [-0.2, 0) is 17.8 Å². The van der Waals surface area contributed by atoms with Crippen molar-refractivity contribution in [3.8, 4) is 5.75 Å². The normalized spacial score (nSPS) is 10.0. The number of ketones is 1. The van der Waals surface area contributed by atoms with Crippen molar-refractivity contribution in [2.24, 2.45) is 0 Å². The van der Waals surface area contributed by atoms with E-state index >= 15 is 0 Å². The predicted molar refractivity (Wildman–Crippen MR) is 79.3 cm³/mol. The second-order valence-electron chi connectivity index (χ2n) is 4.53.